The fraction of sp³-hybridized carbons (Fsp3) is 0.500. The van der Waals surface area contributed by atoms with Crippen molar-refractivity contribution in [2.45, 2.75) is 37.8 Å². The maximum absolute atomic E-state index is 10.1. The zero-order valence-electron chi connectivity index (χ0n) is 13.1. The molecular weight excluding hydrogens is 274 g/mol. The highest BCUT2D eigenvalue weighted by Crippen LogP contribution is 2.25. The van der Waals surface area contributed by atoms with Gasteiger partial charge in [-0.05, 0) is 44.4 Å². The van der Waals surface area contributed by atoms with Crippen molar-refractivity contribution in [1.29, 1.82) is 0 Å². The number of benzene rings is 1. The summed E-state index contributed by atoms with van der Waals surface area (Å²) in [6.07, 6.45) is 7.62. The quantitative estimate of drug-likeness (QED) is 0.834. The normalized spacial score (nSPS) is 21.0. The number of fused-ring (bicyclic) bond motifs is 1. The minimum atomic E-state index is -0.253. The Morgan fingerprint density at radius 2 is 2.27 bits per heavy atom. The minimum Gasteiger partial charge on any atom is -0.392 e. The SMILES string of the molecule is C=CCC[C@H](O)CN1CCC[C@@H](n2cnc3ccccc32)C1. The number of aromatic nitrogens is 2. The molecule has 2 heterocycles. The van der Waals surface area contributed by atoms with Crippen LogP contribution >= 0.6 is 0 Å². The second kappa shape index (κ2) is 7.07. The van der Waals surface area contributed by atoms with Crippen molar-refractivity contribution in [2.24, 2.45) is 0 Å². The van der Waals surface area contributed by atoms with Crippen molar-refractivity contribution in [2.75, 3.05) is 19.6 Å². The Morgan fingerprint density at radius 1 is 1.41 bits per heavy atom. The molecule has 1 aliphatic rings. The largest absolute Gasteiger partial charge is 0.392 e. The molecule has 1 saturated heterocycles. The number of piperidine rings is 1. The highest BCUT2D eigenvalue weighted by molar-refractivity contribution is 5.75. The van der Waals surface area contributed by atoms with Gasteiger partial charge in [0, 0.05) is 19.1 Å². The number of imidazole rings is 1. The maximum atomic E-state index is 10.1. The summed E-state index contributed by atoms with van der Waals surface area (Å²) in [5, 5.41) is 10.1. The predicted molar refractivity (Wildman–Crippen MR) is 89.9 cm³/mol. The van der Waals surface area contributed by atoms with E-state index in [-0.39, 0.29) is 6.10 Å². The van der Waals surface area contributed by atoms with E-state index in [0.29, 0.717) is 6.04 Å². The topological polar surface area (TPSA) is 41.3 Å². The van der Waals surface area contributed by atoms with Gasteiger partial charge < -0.3 is 9.67 Å². The monoisotopic (exact) mass is 299 g/mol. The molecule has 118 valence electrons. The molecule has 0 amide bonds. The number of likely N-dealkylation sites (tertiary alicyclic amines) is 1. The van der Waals surface area contributed by atoms with Gasteiger partial charge in [0.2, 0.25) is 0 Å². The third kappa shape index (κ3) is 3.39. The Kier molecular flexibility index (Phi) is 4.90. The Labute approximate surface area is 132 Å². The van der Waals surface area contributed by atoms with Gasteiger partial charge in [-0.15, -0.1) is 6.58 Å². The number of aliphatic hydroxyl groups is 1. The van der Waals surface area contributed by atoms with Crippen LogP contribution in [0, 0.1) is 0 Å². The van der Waals surface area contributed by atoms with Gasteiger partial charge in [-0.3, -0.25) is 4.90 Å². The van der Waals surface area contributed by atoms with Gasteiger partial charge in [0.15, 0.2) is 0 Å². The molecule has 3 rings (SSSR count). The van der Waals surface area contributed by atoms with Crippen LogP contribution < -0.4 is 0 Å². The number of β-amino-alcohol motifs (C(OH)–C–C–N with tert-alkyl or cyclic N) is 1. The molecule has 0 unspecified atom stereocenters. The Bertz CT molecular complexity index is 622. The van der Waals surface area contributed by atoms with Gasteiger partial charge in [0.05, 0.1) is 23.5 Å². The molecule has 2 atom stereocenters. The van der Waals surface area contributed by atoms with E-state index >= 15 is 0 Å². The standard InChI is InChI=1S/C18H25N3O/c1-2-3-8-16(22)13-20-11-6-7-15(12-20)21-14-19-17-9-4-5-10-18(17)21/h2,4-5,9-10,14-16,22H,1,3,6-8,11-13H2/t15-,16+/m1/s1. The number of para-hydroxylation sites is 2. The zero-order valence-corrected chi connectivity index (χ0v) is 13.1. The fourth-order valence-corrected chi connectivity index (χ4v) is 3.39. The number of nitrogens with zero attached hydrogens (tertiary/aromatic N) is 3. The summed E-state index contributed by atoms with van der Waals surface area (Å²) in [5.74, 6) is 0. The highest BCUT2D eigenvalue weighted by Gasteiger charge is 2.23. The number of allylic oxidation sites excluding steroid dienone is 1. The van der Waals surface area contributed by atoms with Gasteiger partial charge in [-0.25, -0.2) is 4.98 Å². The van der Waals surface area contributed by atoms with Gasteiger partial charge in [0.25, 0.3) is 0 Å². The Balaban J connectivity index is 1.66. The zero-order chi connectivity index (χ0) is 15.4. The number of rotatable bonds is 6. The summed E-state index contributed by atoms with van der Waals surface area (Å²) < 4.78 is 2.30. The summed E-state index contributed by atoms with van der Waals surface area (Å²) in [6, 6.07) is 8.75. The lowest BCUT2D eigenvalue weighted by Gasteiger charge is -2.34. The van der Waals surface area contributed by atoms with Crippen molar-refractivity contribution >= 4 is 11.0 Å². The van der Waals surface area contributed by atoms with Crippen LogP contribution in [0.25, 0.3) is 11.0 Å². The molecule has 22 heavy (non-hydrogen) atoms. The van der Waals surface area contributed by atoms with E-state index in [1.165, 1.54) is 18.4 Å². The molecule has 0 spiro atoms. The lowest BCUT2D eigenvalue weighted by Crippen LogP contribution is -2.40. The van der Waals surface area contributed by atoms with Gasteiger partial charge in [0.1, 0.15) is 0 Å². The summed E-state index contributed by atoms with van der Waals surface area (Å²) in [4.78, 5) is 6.89. The summed E-state index contributed by atoms with van der Waals surface area (Å²) in [5.41, 5.74) is 2.27. The Morgan fingerprint density at radius 3 is 3.14 bits per heavy atom. The highest BCUT2D eigenvalue weighted by atomic mass is 16.3. The first-order valence-corrected chi connectivity index (χ1v) is 8.21. The smallest absolute Gasteiger partial charge is 0.0961 e. The first-order chi connectivity index (χ1) is 10.8. The van der Waals surface area contributed by atoms with Crippen LogP contribution in [0.15, 0.2) is 43.2 Å². The third-order valence-corrected chi connectivity index (χ3v) is 4.53. The minimum absolute atomic E-state index is 0.253. The number of hydrogen-bond acceptors (Lipinski definition) is 3. The average molecular weight is 299 g/mol. The molecule has 4 nitrogen and oxygen atoms in total. The van der Waals surface area contributed by atoms with Crippen LogP contribution in [0.5, 0.6) is 0 Å². The van der Waals surface area contributed by atoms with Gasteiger partial charge >= 0.3 is 0 Å². The van der Waals surface area contributed by atoms with Crippen molar-refractivity contribution in [3.05, 3.63) is 43.2 Å². The molecule has 0 bridgehead atoms. The summed E-state index contributed by atoms with van der Waals surface area (Å²) in [7, 11) is 0. The molecule has 1 fully saturated rings. The fourth-order valence-electron chi connectivity index (χ4n) is 3.39. The third-order valence-electron chi connectivity index (χ3n) is 4.53. The molecule has 0 saturated carbocycles. The lowest BCUT2D eigenvalue weighted by atomic mass is 10.0. The van der Waals surface area contributed by atoms with Crippen molar-refractivity contribution in [1.82, 2.24) is 14.5 Å². The van der Waals surface area contributed by atoms with E-state index in [4.69, 9.17) is 0 Å². The molecule has 4 heteroatoms. The molecule has 1 aromatic carbocycles. The molecular formula is C18H25N3O. The Hall–Kier alpha value is -1.65. The van der Waals surface area contributed by atoms with E-state index in [2.05, 4.69) is 39.2 Å². The van der Waals surface area contributed by atoms with Crippen LogP contribution in [0.1, 0.15) is 31.7 Å². The van der Waals surface area contributed by atoms with Crippen LogP contribution in [0.3, 0.4) is 0 Å². The van der Waals surface area contributed by atoms with E-state index in [1.54, 1.807) is 0 Å². The van der Waals surface area contributed by atoms with E-state index in [9.17, 15) is 5.11 Å². The van der Waals surface area contributed by atoms with Crippen molar-refractivity contribution < 1.29 is 5.11 Å². The van der Waals surface area contributed by atoms with Crippen molar-refractivity contribution in [3.63, 3.8) is 0 Å². The molecule has 0 aliphatic carbocycles. The molecule has 2 aromatic rings. The average Bonchev–Trinajstić information content (AvgIpc) is 2.97. The molecule has 0 radical (unpaired) electrons. The first-order valence-electron chi connectivity index (χ1n) is 8.21. The number of aliphatic hydroxyl groups excluding tert-OH is 1. The summed E-state index contributed by atoms with van der Waals surface area (Å²) in [6.45, 7) is 6.55. The van der Waals surface area contributed by atoms with Crippen LogP contribution in [0.2, 0.25) is 0 Å². The van der Waals surface area contributed by atoms with Crippen LogP contribution in [-0.4, -0.2) is 45.3 Å². The van der Waals surface area contributed by atoms with Crippen LogP contribution in [-0.2, 0) is 0 Å². The van der Waals surface area contributed by atoms with Crippen LogP contribution in [0.4, 0.5) is 0 Å². The lowest BCUT2D eigenvalue weighted by molar-refractivity contribution is 0.0822. The molecule has 1 aliphatic heterocycles. The van der Waals surface area contributed by atoms with E-state index in [1.807, 2.05) is 18.5 Å². The van der Waals surface area contributed by atoms with Gasteiger partial charge in [-0.2, -0.15) is 0 Å². The predicted octanol–water partition coefficient (Wildman–Crippen LogP) is 3.00. The summed E-state index contributed by atoms with van der Waals surface area (Å²) >= 11 is 0. The second-order valence-corrected chi connectivity index (χ2v) is 6.22. The van der Waals surface area contributed by atoms with E-state index in [0.717, 1.165) is 38.0 Å². The maximum Gasteiger partial charge on any atom is 0.0961 e. The molecule has 1 N–H and O–H groups in total. The van der Waals surface area contributed by atoms with Crippen molar-refractivity contribution in [3.8, 4) is 0 Å². The van der Waals surface area contributed by atoms with Gasteiger partial charge in [-0.1, -0.05) is 18.2 Å². The van der Waals surface area contributed by atoms with E-state index < -0.39 is 0 Å². The molecule has 1 aromatic heterocycles. The number of hydrogen-bond donors (Lipinski definition) is 1. The first kappa shape index (κ1) is 15.3. The second-order valence-electron chi connectivity index (χ2n) is 6.22.